The first kappa shape index (κ1) is 12.4. The van der Waals surface area contributed by atoms with Gasteiger partial charge in [0.05, 0.1) is 12.2 Å². The summed E-state index contributed by atoms with van der Waals surface area (Å²) < 4.78 is 5.77. The van der Waals surface area contributed by atoms with E-state index in [0.29, 0.717) is 5.92 Å². The highest BCUT2D eigenvalue weighted by Gasteiger charge is 2.26. The SMILES string of the molecule is CC(C)Oc1ccccc1C(O)C1CCCC1. The number of rotatable bonds is 4. The molecule has 0 spiro atoms. The Morgan fingerprint density at radius 1 is 1.18 bits per heavy atom. The summed E-state index contributed by atoms with van der Waals surface area (Å²) in [5, 5.41) is 10.4. The molecule has 0 aromatic heterocycles. The Hall–Kier alpha value is -1.02. The summed E-state index contributed by atoms with van der Waals surface area (Å²) in [6, 6.07) is 7.87. The van der Waals surface area contributed by atoms with Gasteiger partial charge in [0, 0.05) is 5.56 Å². The van der Waals surface area contributed by atoms with E-state index in [0.717, 1.165) is 24.2 Å². The minimum absolute atomic E-state index is 0.145. The van der Waals surface area contributed by atoms with Crippen molar-refractivity contribution in [1.82, 2.24) is 0 Å². The van der Waals surface area contributed by atoms with Gasteiger partial charge < -0.3 is 9.84 Å². The van der Waals surface area contributed by atoms with Crippen molar-refractivity contribution in [2.45, 2.75) is 51.7 Å². The fourth-order valence-electron chi connectivity index (χ4n) is 2.61. The average molecular weight is 234 g/mol. The smallest absolute Gasteiger partial charge is 0.125 e. The van der Waals surface area contributed by atoms with Crippen molar-refractivity contribution in [1.29, 1.82) is 0 Å². The molecule has 2 heteroatoms. The van der Waals surface area contributed by atoms with E-state index in [2.05, 4.69) is 0 Å². The second-order valence-corrected chi connectivity index (χ2v) is 5.19. The highest BCUT2D eigenvalue weighted by Crippen LogP contribution is 2.38. The predicted molar refractivity (Wildman–Crippen MR) is 69.1 cm³/mol. The van der Waals surface area contributed by atoms with Crippen molar-refractivity contribution in [2.24, 2.45) is 5.92 Å². The summed E-state index contributed by atoms with van der Waals surface area (Å²) in [4.78, 5) is 0. The van der Waals surface area contributed by atoms with Crippen LogP contribution in [-0.4, -0.2) is 11.2 Å². The van der Waals surface area contributed by atoms with Crippen LogP contribution >= 0.6 is 0 Å². The maximum Gasteiger partial charge on any atom is 0.125 e. The molecule has 17 heavy (non-hydrogen) atoms. The molecule has 2 nitrogen and oxygen atoms in total. The van der Waals surface area contributed by atoms with Gasteiger partial charge in [0.25, 0.3) is 0 Å². The van der Waals surface area contributed by atoms with E-state index >= 15 is 0 Å². The maximum absolute atomic E-state index is 10.4. The van der Waals surface area contributed by atoms with E-state index in [-0.39, 0.29) is 12.2 Å². The molecule has 0 saturated heterocycles. The molecule has 0 radical (unpaired) electrons. The summed E-state index contributed by atoms with van der Waals surface area (Å²) >= 11 is 0. The van der Waals surface area contributed by atoms with Crippen molar-refractivity contribution in [3.63, 3.8) is 0 Å². The van der Waals surface area contributed by atoms with Crippen LogP contribution in [0.1, 0.15) is 51.2 Å². The molecule has 1 aliphatic rings. The molecule has 1 aromatic rings. The first-order valence-corrected chi connectivity index (χ1v) is 6.62. The summed E-state index contributed by atoms with van der Waals surface area (Å²) in [7, 11) is 0. The van der Waals surface area contributed by atoms with Crippen molar-refractivity contribution < 1.29 is 9.84 Å². The van der Waals surface area contributed by atoms with E-state index in [1.807, 2.05) is 38.1 Å². The zero-order chi connectivity index (χ0) is 12.3. The van der Waals surface area contributed by atoms with Gasteiger partial charge in [-0.25, -0.2) is 0 Å². The molecule has 1 N–H and O–H groups in total. The molecule has 1 aliphatic carbocycles. The number of aliphatic hydroxyl groups is 1. The molecule has 2 rings (SSSR count). The molecule has 0 bridgehead atoms. The zero-order valence-corrected chi connectivity index (χ0v) is 10.7. The molecular formula is C15H22O2. The Labute approximate surface area is 104 Å². The van der Waals surface area contributed by atoms with Crippen molar-refractivity contribution in [2.75, 3.05) is 0 Å². The van der Waals surface area contributed by atoms with Crippen LogP contribution < -0.4 is 4.74 Å². The quantitative estimate of drug-likeness (QED) is 0.860. The summed E-state index contributed by atoms with van der Waals surface area (Å²) in [6.07, 6.45) is 4.54. The molecule has 0 heterocycles. The standard InChI is InChI=1S/C15H22O2/c1-11(2)17-14-10-6-5-9-13(14)15(16)12-7-3-4-8-12/h5-6,9-12,15-16H,3-4,7-8H2,1-2H3. The van der Waals surface area contributed by atoms with Gasteiger partial charge in [-0.1, -0.05) is 31.0 Å². The normalized spacial score (nSPS) is 18.6. The molecule has 1 fully saturated rings. The fourth-order valence-corrected chi connectivity index (χ4v) is 2.61. The van der Waals surface area contributed by atoms with Gasteiger partial charge in [0.15, 0.2) is 0 Å². The van der Waals surface area contributed by atoms with Crippen LogP contribution in [0.5, 0.6) is 5.75 Å². The summed E-state index contributed by atoms with van der Waals surface area (Å²) in [6.45, 7) is 4.03. The van der Waals surface area contributed by atoms with Crippen molar-refractivity contribution >= 4 is 0 Å². The number of aliphatic hydroxyl groups excluding tert-OH is 1. The highest BCUT2D eigenvalue weighted by atomic mass is 16.5. The molecule has 1 saturated carbocycles. The lowest BCUT2D eigenvalue weighted by molar-refractivity contribution is 0.105. The zero-order valence-electron chi connectivity index (χ0n) is 10.7. The third-order valence-electron chi connectivity index (χ3n) is 3.45. The second-order valence-electron chi connectivity index (χ2n) is 5.19. The number of ether oxygens (including phenoxy) is 1. The second kappa shape index (κ2) is 5.54. The van der Waals surface area contributed by atoms with Gasteiger partial charge >= 0.3 is 0 Å². The Kier molecular flexibility index (Phi) is 4.06. The van der Waals surface area contributed by atoms with E-state index in [9.17, 15) is 5.11 Å². The van der Waals surface area contributed by atoms with Crippen LogP contribution in [0.2, 0.25) is 0 Å². The highest BCUT2D eigenvalue weighted by molar-refractivity contribution is 5.35. The number of para-hydroxylation sites is 1. The van der Waals surface area contributed by atoms with Crippen LogP contribution in [0, 0.1) is 5.92 Å². The van der Waals surface area contributed by atoms with Gasteiger partial charge in [0.2, 0.25) is 0 Å². The minimum atomic E-state index is -0.368. The molecule has 94 valence electrons. The Morgan fingerprint density at radius 3 is 2.47 bits per heavy atom. The van der Waals surface area contributed by atoms with E-state index in [1.165, 1.54) is 12.8 Å². The minimum Gasteiger partial charge on any atom is -0.491 e. The predicted octanol–water partition coefficient (Wildman–Crippen LogP) is 3.70. The van der Waals surface area contributed by atoms with Crippen LogP contribution in [0.15, 0.2) is 24.3 Å². The van der Waals surface area contributed by atoms with E-state index < -0.39 is 0 Å². The third-order valence-corrected chi connectivity index (χ3v) is 3.45. The van der Waals surface area contributed by atoms with Crippen LogP contribution in [0.3, 0.4) is 0 Å². The number of hydrogen-bond acceptors (Lipinski definition) is 2. The van der Waals surface area contributed by atoms with Gasteiger partial charge in [-0.3, -0.25) is 0 Å². The fraction of sp³-hybridized carbons (Fsp3) is 0.600. The first-order chi connectivity index (χ1) is 8.18. The van der Waals surface area contributed by atoms with Crippen molar-refractivity contribution in [3.8, 4) is 5.75 Å². The Morgan fingerprint density at radius 2 is 1.82 bits per heavy atom. The van der Waals surface area contributed by atoms with E-state index in [1.54, 1.807) is 0 Å². The third kappa shape index (κ3) is 3.01. The van der Waals surface area contributed by atoms with E-state index in [4.69, 9.17) is 4.74 Å². The Balaban J connectivity index is 2.18. The monoisotopic (exact) mass is 234 g/mol. The van der Waals surface area contributed by atoms with Gasteiger partial charge in [-0.05, 0) is 38.7 Å². The molecule has 1 aromatic carbocycles. The average Bonchev–Trinajstić information content (AvgIpc) is 2.81. The molecule has 1 atom stereocenters. The van der Waals surface area contributed by atoms with Crippen LogP contribution in [0.4, 0.5) is 0 Å². The number of hydrogen-bond donors (Lipinski definition) is 1. The maximum atomic E-state index is 10.4. The van der Waals surface area contributed by atoms with Crippen LogP contribution in [0.25, 0.3) is 0 Å². The number of benzene rings is 1. The first-order valence-electron chi connectivity index (χ1n) is 6.62. The lowest BCUT2D eigenvalue weighted by atomic mass is 9.94. The Bertz CT molecular complexity index is 354. The summed E-state index contributed by atoms with van der Waals surface area (Å²) in [5.41, 5.74) is 0.952. The van der Waals surface area contributed by atoms with Gasteiger partial charge in [-0.2, -0.15) is 0 Å². The van der Waals surface area contributed by atoms with Crippen molar-refractivity contribution in [3.05, 3.63) is 29.8 Å². The molecular weight excluding hydrogens is 212 g/mol. The lowest BCUT2D eigenvalue weighted by Gasteiger charge is -2.22. The van der Waals surface area contributed by atoms with Crippen LogP contribution in [-0.2, 0) is 0 Å². The lowest BCUT2D eigenvalue weighted by Crippen LogP contribution is -2.13. The molecule has 1 unspecified atom stereocenters. The molecule has 0 amide bonds. The van der Waals surface area contributed by atoms with Gasteiger partial charge in [0.1, 0.15) is 5.75 Å². The largest absolute Gasteiger partial charge is 0.491 e. The summed E-state index contributed by atoms with van der Waals surface area (Å²) in [5.74, 6) is 1.24. The topological polar surface area (TPSA) is 29.5 Å². The molecule has 0 aliphatic heterocycles. The van der Waals surface area contributed by atoms with Gasteiger partial charge in [-0.15, -0.1) is 0 Å².